The van der Waals surface area contributed by atoms with E-state index in [-0.39, 0.29) is 18.2 Å². The Labute approximate surface area is 178 Å². The molecule has 0 aliphatic heterocycles. The van der Waals surface area contributed by atoms with E-state index >= 15 is 0 Å². The molecule has 4 rings (SSSR count). The highest BCUT2D eigenvalue weighted by Gasteiger charge is 2.10. The summed E-state index contributed by atoms with van der Waals surface area (Å²) in [6.07, 6.45) is 3.99. The number of anilines is 1. The maximum absolute atomic E-state index is 12.2. The fraction of sp³-hybridized carbons (Fsp3) is 0.130. The number of pyridine rings is 1. The fourth-order valence-electron chi connectivity index (χ4n) is 3.23. The first-order chi connectivity index (χ1) is 15.0. The van der Waals surface area contributed by atoms with E-state index in [0.29, 0.717) is 17.1 Å². The number of nitrogens with zero attached hydrogens (tertiary/aromatic N) is 3. The lowest BCUT2D eigenvalue weighted by molar-refractivity contribution is -0.385. The summed E-state index contributed by atoms with van der Waals surface area (Å²) in [4.78, 5) is 27.2. The summed E-state index contributed by atoms with van der Waals surface area (Å²) in [5, 5.41) is 13.8. The Bertz CT molecular complexity index is 1250. The Hall–Kier alpha value is -4.20. The van der Waals surface area contributed by atoms with Crippen LogP contribution in [0.4, 0.5) is 11.4 Å². The number of aryl methyl sites for hydroxylation is 1. The molecule has 0 spiro atoms. The van der Waals surface area contributed by atoms with Crippen molar-refractivity contribution in [2.45, 2.75) is 13.3 Å². The molecule has 1 amide bonds. The predicted octanol–water partition coefficient (Wildman–Crippen LogP) is 4.49. The Kier molecular flexibility index (Phi) is 5.61. The van der Waals surface area contributed by atoms with Crippen LogP contribution in [0, 0.1) is 10.1 Å². The average molecular weight is 416 g/mol. The van der Waals surface area contributed by atoms with Crippen molar-refractivity contribution in [1.82, 2.24) is 9.38 Å². The minimum atomic E-state index is -0.442. The molecule has 0 unspecified atom stereocenters. The lowest BCUT2D eigenvalue weighted by Gasteiger charge is -2.10. The normalized spacial score (nSPS) is 10.7. The number of amides is 1. The van der Waals surface area contributed by atoms with Crippen LogP contribution in [-0.2, 0) is 11.2 Å². The Morgan fingerprint density at radius 3 is 2.61 bits per heavy atom. The first-order valence-electron chi connectivity index (χ1n) is 9.77. The Morgan fingerprint density at radius 2 is 1.87 bits per heavy atom. The lowest BCUT2D eigenvalue weighted by atomic mass is 10.1. The van der Waals surface area contributed by atoms with Gasteiger partial charge in [-0.1, -0.05) is 25.1 Å². The number of ether oxygens (including phenoxy) is 1. The molecule has 0 bridgehead atoms. The Morgan fingerprint density at radius 1 is 1.10 bits per heavy atom. The molecule has 2 aromatic heterocycles. The van der Waals surface area contributed by atoms with E-state index in [1.807, 2.05) is 43.3 Å². The van der Waals surface area contributed by atoms with Crippen LogP contribution in [0.2, 0.25) is 0 Å². The number of rotatable bonds is 7. The first-order valence-corrected chi connectivity index (χ1v) is 9.77. The molecule has 2 aromatic carbocycles. The van der Waals surface area contributed by atoms with Crippen molar-refractivity contribution in [2.24, 2.45) is 0 Å². The molecule has 0 fully saturated rings. The molecular weight excluding hydrogens is 396 g/mol. The number of imidazole rings is 1. The van der Waals surface area contributed by atoms with Gasteiger partial charge in [-0.3, -0.25) is 19.3 Å². The van der Waals surface area contributed by atoms with Gasteiger partial charge in [0, 0.05) is 23.5 Å². The van der Waals surface area contributed by atoms with Gasteiger partial charge >= 0.3 is 0 Å². The second kappa shape index (κ2) is 8.66. The highest BCUT2D eigenvalue weighted by molar-refractivity contribution is 5.92. The minimum Gasteiger partial charge on any atom is -0.484 e. The standard InChI is InChI=1S/C23H20N4O4/c1-2-16-5-3-4-6-20(16)25-23(28)15-31-19-10-7-17(8-11-19)21-14-26-13-18(27(29)30)9-12-22(26)24-21/h3-14H,2,15H2,1H3,(H,25,28). The summed E-state index contributed by atoms with van der Waals surface area (Å²) in [7, 11) is 0. The molecule has 8 nitrogen and oxygen atoms in total. The zero-order chi connectivity index (χ0) is 21.8. The fourth-order valence-corrected chi connectivity index (χ4v) is 3.23. The molecule has 0 saturated carbocycles. The molecule has 1 N–H and O–H groups in total. The van der Waals surface area contributed by atoms with E-state index in [0.717, 1.165) is 23.2 Å². The van der Waals surface area contributed by atoms with Gasteiger partial charge < -0.3 is 10.1 Å². The number of carbonyl (C=O) groups excluding carboxylic acids is 1. The summed E-state index contributed by atoms with van der Waals surface area (Å²) in [6.45, 7) is 1.93. The molecular formula is C23H20N4O4. The summed E-state index contributed by atoms with van der Waals surface area (Å²) < 4.78 is 7.21. The van der Waals surface area contributed by atoms with E-state index in [9.17, 15) is 14.9 Å². The summed E-state index contributed by atoms with van der Waals surface area (Å²) in [5.74, 6) is 0.328. The van der Waals surface area contributed by atoms with Crippen LogP contribution in [0.3, 0.4) is 0 Å². The van der Waals surface area contributed by atoms with Gasteiger partial charge in [0.1, 0.15) is 11.4 Å². The molecule has 0 radical (unpaired) electrons. The van der Waals surface area contributed by atoms with Crippen molar-refractivity contribution >= 4 is 22.9 Å². The molecule has 4 aromatic rings. The topological polar surface area (TPSA) is 98.8 Å². The summed E-state index contributed by atoms with van der Waals surface area (Å²) >= 11 is 0. The van der Waals surface area contributed by atoms with Crippen molar-refractivity contribution < 1.29 is 14.5 Å². The van der Waals surface area contributed by atoms with E-state index in [1.165, 1.54) is 12.3 Å². The highest BCUT2D eigenvalue weighted by Crippen LogP contribution is 2.24. The number of nitrogens with one attached hydrogen (secondary N) is 1. The van der Waals surface area contributed by atoms with E-state index < -0.39 is 4.92 Å². The van der Waals surface area contributed by atoms with Crippen LogP contribution >= 0.6 is 0 Å². The smallest absolute Gasteiger partial charge is 0.286 e. The van der Waals surface area contributed by atoms with E-state index in [4.69, 9.17) is 4.74 Å². The molecule has 156 valence electrons. The van der Waals surface area contributed by atoms with Crippen molar-refractivity contribution in [3.63, 3.8) is 0 Å². The third-order valence-electron chi connectivity index (χ3n) is 4.84. The largest absolute Gasteiger partial charge is 0.484 e. The number of benzene rings is 2. The van der Waals surface area contributed by atoms with Crippen LogP contribution in [0.25, 0.3) is 16.9 Å². The second-order valence-corrected chi connectivity index (χ2v) is 6.91. The maximum Gasteiger partial charge on any atom is 0.286 e. The first kappa shape index (κ1) is 20.1. The second-order valence-electron chi connectivity index (χ2n) is 6.91. The quantitative estimate of drug-likeness (QED) is 0.354. The van der Waals surface area contributed by atoms with Crippen LogP contribution in [0.1, 0.15) is 12.5 Å². The van der Waals surface area contributed by atoms with Gasteiger partial charge in [0.25, 0.3) is 11.6 Å². The van der Waals surface area contributed by atoms with Crippen LogP contribution in [-0.4, -0.2) is 26.8 Å². The number of nitro groups is 1. The van der Waals surface area contributed by atoms with Gasteiger partial charge in [-0.15, -0.1) is 0 Å². The van der Waals surface area contributed by atoms with Gasteiger partial charge in [-0.2, -0.15) is 0 Å². The van der Waals surface area contributed by atoms with Gasteiger partial charge in [-0.25, -0.2) is 4.98 Å². The number of aromatic nitrogens is 2. The minimum absolute atomic E-state index is 0.0000321. The van der Waals surface area contributed by atoms with Crippen molar-refractivity contribution in [1.29, 1.82) is 0 Å². The molecule has 8 heteroatoms. The van der Waals surface area contributed by atoms with Crippen LogP contribution in [0.5, 0.6) is 5.75 Å². The monoisotopic (exact) mass is 416 g/mol. The molecule has 31 heavy (non-hydrogen) atoms. The van der Waals surface area contributed by atoms with Crippen molar-refractivity contribution in [2.75, 3.05) is 11.9 Å². The number of hydrogen-bond donors (Lipinski definition) is 1. The zero-order valence-electron chi connectivity index (χ0n) is 16.8. The number of hydrogen-bond acceptors (Lipinski definition) is 5. The van der Waals surface area contributed by atoms with Crippen LogP contribution in [0.15, 0.2) is 73.1 Å². The zero-order valence-corrected chi connectivity index (χ0v) is 16.8. The van der Waals surface area contributed by atoms with Crippen molar-refractivity contribution in [3.05, 3.63) is 88.7 Å². The van der Waals surface area contributed by atoms with Gasteiger partial charge in [0.05, 0.1) is 16.8 Å². The SMILES string of the molecule is CCc1ccccc1NC(=O)COc1ccc(-c2cn3cc([N+](=O)[O-])ccc3n2)cc1. The highest BCUT2D eigenvalue weighted by atomic mass is 16.6. The predicted molar refractivity (Wildman–Crippen MR) is 117 cm³/mol. The molecule has 0 atom stereocenters. The Balaban J connectivity index is 1.41. The van der Waals surface area contributed by atoms with Crippen LogP contribution < -0.4 is 10.1 Å². The van der Waals surface area contributed by atoms with Gasteiger partial charge in [-0.05, 0) is 48.4 Å². The van der Waals surface area contributed by atoms with Gasteiger partial charge in [0.2, 0.25) is 0 Å². The van der Waals surface area contributed by atoms with E-state index in [1.54, 1.807) is 28.8 Å². The molecule has 0 aliphatic carbocycles. The number of carbonyl (C=O) groups is 1. The third-order valence-corrected chi connectivity index (χ3v) is 4.84. The summed E-state index contributed by atoms with van der Waals surface area (Å²) in [6, 6.07) is 17.9. The average Bonchev–Trinajstić information content (AvgIpc) is 3.22. The maximum atomic E-state index is 12.2. The number of para-hydroxylation sites is 1. The third kappa shape index (κ3) is 4.53. The van der Waals surface area contributed by atoms with Crippen molar-refractivity contribution in [3.8, 4) is 17.0 Å². The van der Waals surface area contributed by atoms with E-state index in [2.05, 4.69) is 10.3 Å². The lowest BCUT2D eigenvalue weighted by Crippen LogP contribution is -2.20. The molecule has 0 aliphatic rings. The number of fused-ring (bicyclic) bond motifs is 1. The summed E-state index contributed by atoms with van der Waals surface area (Å²) in [5.41, 5.74) is 3.99. The molecule has 0 saturated heterocycles. The van der Waals surface area contributed by atoms with Gasteiger partial charge in [0.15, 0.2) is 6.61 Å². The molecule has 2 heterocycles.